The lowest BCUT2D eigenvalue weighted by atomic mass is 9.74. The van der Waals surface area contributed by atoms with Gasteiger partial charge in [-0.2, -0.15) is 0 Å². The largest absolute Gasteiger partial charge is 0.457 e. The predicted molar refractivity (Wildman–Crippen MR) is 68.4 cm³/mol. The first-order valence-corrected chi connectivity index (χ1v) is 6.24. The molecule has 0 saturated heterocycles. The van der Waals surface area contributed by atoms with Crippen molar-refractivity contribution in [2.75, 3.05) is 0 Å². The van der Waals surface area contributed by atoms with Gasteiger partial charge in [-0.1, -0.05) is 44.7 Å². The van der Waals surface area contributed by atoms with Gasteiger partial charge in [0, 0.05) is 12.3 Å². The fraction of sp³-hybridized carbons (Fsp3) is 0.533. The van der Waals surface area contributed by atoms with Crippen LogP contribution in [-0.2, 0) is 9.53 Å². The van der Waals surface area contributed by atoms with E-state index >= 15 is 0 Å². The van der Waals surface area contributed by atoms with E-state index in [9.17, 15) is 4.79 Å². The molecule has 0 N–H and O–H groups in total. The minimum absolute atomic E-state index is 0.0899. The number of hydrogen-bond acceptors (Lipinski definition) is 2. The lowest BCUT2D eigenvalue weighted by molar-refractivity contribution is -0.151. The van der Waals surface area contributed by atoms with Crippen LogP contribution in [0.25, 0.3) is 0 Å². The van der Waals surface area contributed by atoms with E-state index in [1.165, 1.54) is 5.57 Å². The molecule has 2 aliphatic carbocycles. The van der Waals surface area contributed by atoms with Gasteiger partial charge in [0.2, 0.25) is 0 Å². The first-order valence-electron chi connectivity index (χ1n) is 6.24. The van der Waals surface area contributed by atoms with Crippen LogP contribution in [0.3, 0.4) is 0 Å². The van der Waals surface area contributed by atoms with E-state index in [1.807, 2.05) is 13.8 Å². The van der Waals surface area contributed by atoms with Crippen LogP contribution >= 0.6 is 0 Å². The Balaban J connectivity index is 2.09. The quantitative estimate of drug-likeness (QED) is 0.539. The highest BCUT2D eigenvalue weighted by Crippen LogP contribution is 2.44. The Bertz CT molecular complexity index is 390. The van der Waals surface area contributed by atoms with Crippen molar-refractivity contribution < 1.29 is 9.53 Å². The maximum absolute atomic E-state index is 11.6. The summed E-state index contributed by atoms with van der Waals surface area (Å²) in [6.45, 7) is 11.9. The maximum atomic E-state index is 11.6. The summed E-state index contributed by atoms with van der Waals surface area (Å²) >= 11 is 0. The standard InChI is InChI=1S/C15H20O2/c1-9(2)15(16)17-14-8-10(3)12-6-5-7-13(12)11(14)4/h5,7,9,12-14H,3-4,6,8H2,1-2H3. The third kappa shape index (κ3) is 2.21. The minimum atomic E-state index is -0.179. The second-order valence-electron chi connectivity index (χ2n) is 5.31. The Morgan fingerprint density at radius 3 is 2.82 bits per heavy atom. The molecule has 0 bridgehead atoms. The van der Waals surface area contributed by atoms with Crippen LogP contribution in [0.5, 0.6) is 0 Å². The molecule has 0 aromatic carbocycles. The van der Waals surface area contributed by atoms with Crippen molar-refractivity contribution in [3.8, 4) is 0 Å². The Morgan fingerprint density at radius 2 is 2.18 bits per heavy atom. The summed E-state index contributed by atoms with van der Waals surface area (Å²) in [5.74, 6) is 0.565. The third-order valence-corrected chi connectivity index (χ3v) is 3.71. The van der Waals surface area contributed by atoms with Gasteiger partial charge in [-0.05, 0) is 17.9 Å². The molecule has 1 saturated carbocycles. The maximum Gasteiger partial charge on any atom is 0.308 e. The normalized spacial score (nSPS) is 31.8. The van der Waals surface area contributed by atoms with Crippen LogP contribution in [-0.4, -0.2) is 12.1 Å². The second kappa shape index (κ2) is 4.52. The zero-order valence-corrected chi connectivity index (χ0v) is 10.6. The summed E-state index contributed by atoms with van der Waals surface area (Å²) in [4.78, 5) is 11.6. The molecule has 0 amide bonds. The summed E-state index contributed by atoms with van der Waals surface area (Å²) in [7, 11) is 0. The Hall–Kier alpha value is -1.31. The van der Waals surface area contributed by atoms with Gasteiger partial charge in [0.05, 0.1) is 5.92 Å². The molecule has 2 heteroatoms. The summed E-state index contributed by atoms with van der Waals surface area (Å²) in [5, 5.41) is 0. The number of carbonyl (C=O) groups is 1. The zero-order valence-electron chi connectivity index (χ0n) is 10.6. The first-order chi connectivity index (χ1) is 8.00. The van der Waals surface area contributed by atoms with Crippen molar-refractivity contribution in [2.24, 2.45) is 17.8 Å². The van der Waals surface area contributed by atoms with E-state index in [2.05, 4.69) is 25.3 Å². The molecule has 2 nitrogen and oxygen atoms in total. The van der Waals surface area contributed by atoms with E-state index in [0.29, 0.717) is 11.8 Å². The summed E-state index contributed by atoms with van der Waals surface area (Å²) < 4.78 is 5.51. The van der Waals surface area contributed by atoms with Gasteiger partial charge in [0.15, 0.2) is 0 Å². The molecule has 0 aromatic rings. The van der Waals surface area contributed by atoms with Crippen LogP contribution in [0, 0.1) is 17.8 Å². The summed E-state index contributed by atoms with van der Waals surface area (Å²) in [6, 6.07) is 0. The smallest absolute Gasteiger partial charge is 0.308 e. The van der Waals surface area contributed by atoms with Crippen LogP contribution in [0.2, 0.25) is 0 Å². The molecular weight excluding hydrogens is 212 g/mol. The van der Waals surface area contributed by atoms with Gasteiger partial charge < -0.3 is 4.74 Å². The van der Waals surface area contributed by atoms with Gasteiger partial charge in [-0.25, -0.2) is 0 Å². The molecule has 0 heterocycles. The molecular formula is C15H20O2. The Labute approximate surface area is 103 Å². The van der Waals surface area contributed by atoms with Gasteiger partial charge in [-0.3, -0.25) is 4.79 Å². The number of esters is 1. The van der Waals surface area contributed by atoms with Crippen molar-refractivity contribution in [1.82, 2.24) is 0 Å². The molecule has 2 aliphatic rings. The van der Waals surface area contributed by atoms with Gasteiger partial charge in [0.25, 0.3) is 0 Å². The Morgan fingerprint density at radius 1 is 1.47 bits per heavy atom. The second-order valence-corrected chi connectivity index (χ2v) is 5.31. The molecule has 3 atom stereocenters. The van der Waals surface area contributed by atoms with Gasteiger partial charge in [0.1, 0.15) is 6.10 Å². The van der Waals surface area contributed by atoms with Crippen LogP contribution in [0.4, 0.5) is 0 Å². The zero-order chi connectivity index (χ0) is 12.6. The van der Waals surface area contributed by atoms with Crippen molar-refractivity contribution >= 4 is 5.97 Å². The Kier molecular flexibility index (Phi) is 3.23. The predicted octanol–water partition coefficient (Wildman–Crippen LogP) is 3.26. The lowest BCUT2D eigenvalue weighted by Gasteiger charge is -2.35. The van der Waals surface area contributed by atoms with Gasteiger partial charge >= 0.3 is 5.97 Å². The van der Waals surface area contributed by atoms with E-state index in [4.69, 9.17) is 4.74 Å². The van der Waals surface area contributed by atoms with E-state index < -0.39 is 0 Å². The molecule has 0 aliphatic heterocycles. The summed E-state index contributed by atoms with van der Waals surface area (Å²) in [6.07, 6.45) is 5.96. The number of carbonyl (C=O) groups excluding carboxylic acids is 1. The highest BCUT2D eigenvalue weighted by molar-refractivity contribution is 5.72. The molecule has 1 fully saturated rings. The van der Waals surface area contributed by atoms with Gasteiger partial charge in [-0.15, -0.1) is 0 Å². The third-order valence-electron chi connectivity index (χ3n) is 3.71. The summed E-state index contributed by atoms with van der Waals surface area (Å²) in [5.41, 5.74) is 2.22. The monoisotopic (exact) mass is 232 g/mol. The lowest BCUT2D eigenvalue weighted by Crippen LogP contribution is -2.33. The fourth-order valence-corrected chi connectivity index (χ4v) is 2.58. The van der Waals surface area contributed by atoms with Crippen molar-refractivity contribution in [2.45, 2.75) is 32.8 Å². The molecule has 17 heavy (non-hydrogen) atoms. The number of hydrogen-bond donors (Lipinski definition) is 0. The first kappa shape index (κ1) is 12.2. The molecule has 3 unspecified atom stereocenters. The molecule has 0 radical (unpaired) electrons. The average Bonchev–Trinajstić information content (AvgIpc) is 2.74. The van der Waals surface area contributed by atoms with E-state index in [1.54, 1.807) is 0 Å². The van der Waals surface area contributed by atoms with Crippen molar-refractivity contribution in [3.63, 3.8) is 0 Å². The highest BCUT2D eigenvalue weighted by Gasteiger charge is 2.38. The van der Waals surface area contributed by atoms with E-state index in [-0.39, 0.29) is 18.0 Å². The SMILES string of the molecule is C=C1C(OC(=O)C(C)C)CC(=C)C2CC=CC12. The minimum Gasteiger partial charge on any atom is -0.457 e. The number of ether oxygens (including phenoxy) is 1. The number of fused-ring (bicyclic) bond motifs is 1. The molecule has 0 spiro atoms. The molecule has 0 aromatic heterocycles. The van der Waals surface area contributed by atoms with Crippen LogP contribution < -0.4 is 0 Å². The van der Waals surface area contributed by atoms with Crippen LogP contribution in [0.1, 0.15) is 26.7 Å². The molecule has 92 valence electrons. The topological polar surface area (TPSA) is 26.3 Å². The molecule has 2 rings (SSSR count). The highest BCUT2D eigenvalue weighted by atomic mass is 16.5. The number of allylic oxidation sites excluding steroid dienone is 2. The number of rotatable bonds is 2. The van der Waals surface area contributed by atoms with Crippen LogP contribution in [0.15, 0.2) is 36.5 Å². The van der Waals surface area contributed by atoms with Crippen molar-refractivity contribution in [1.29, 1.82) is 0 Å². The fourth-order valence-electron chi connectivity index (χ4n) is 2.58. The average molecular weight is 232 g/mol. The van der Waals surface area contributed by atoms with Crippen molar-refractivity contribution in [3.05, 3.63) is 36.5 Å². The van der Waals surface area contributed by atoms with E-state index in [0.717, 1.165) is 18.4 Å².